The van der Waals surface area contributed by atoms with Crippen LogP contribution in [0.15, 0.2) is 16.3 Å². The number of fused-ring (bicyclic) bond motifs is 1. The number of aromatic nitrogens is 2. The number of aryl methyl sites for hydroxylation is 1. The number of piperidine rings is 1. The Morgan fingerprint density at radius 3 is 3.00 bits per heavy atom. The number of hydrogen-bond acceptors (Lipinski definition) is 3. The summed E-state index contributed by atoms with van der Waals surface area (Å²) in [6.07, 6.45) is 5.48. The van der Waals surface area contributed by atoms with Crippen molar-refractivity contribution < 1.29 is 0 Å². The van der Waals surface area contributed by atoms with Gasteiger partial charge in [0.25, 0.3) is 0 Å². The summed E-state index contributed by atoms with van der Waals surface area (Å²) in [6, 6.07) is 0. The smallest absolute Gasteiger partial charge is 0.191 e. The Morgan fingerprint density at radius 2 is 2.25 bits per heavy atom. The number of rotatable bonds is 3. The lowest BCUT2D eigenvalue weighted by atomic mass is 10.00. The molecule has 2 N–H and O–H groups in total. The van der Waals surface area contributed by atoms with Crippen LogP contribution < -0.4 is 5.73 Å². The van der Waals surface area contributed by atoms with Crippen LogP contribution in [0.1, 0.15) is 25.5 Å². The second-order valence-corrected chi connectivity index (χ2v) is 6.78. The summed E-state index contributed by atoms with van der Waals surface area (Å²) in [5.74, 6) is 2.68. The number of likely N-dealkylation sites (tertiary alicyclic amines) is 1. The topological polar surface area (TPSA) is 59.4 Å². The molecule has 5 nitrogen and oxygen atoms in total. The van der Waals surface area contributed by atoms with Crippen molar-refractivity contribution >= 4 is 17.7 Å². The second-order valence-electron chi connectivity index (χ2n) is 5.72. The van der Waals surface area contributed by atoms with Gasteiger partial charge < -0.3 is 15.2 Å². The summed E-state index contributed by atoms with van der Waals surface area (Å²) < 4.78 is 2.24. The number of hydrogen-bond donors (Lipinski definition) is 1. The van der Waals surface area contributed by atoms with Gasteiger partial charge in [0.1, 0.15) is 0 Å². The summed E-state index contributed by atoms with van der Waals surface area (Å²) in [4.78, 5) is 11.3. The quantitative estimate of drug-likeness (QED) is 0.679. The molecule has 0 spiro atoms. The van der Waals surface area contributed by atoms with Crippen molar-refractivity contribution in [3.63, 3.8) is 0 Å². The van der Waals surface area contributed by atoms with Crippen molar-refractivity contribution in [2.45, 2.75) is 37.9 Å². The average molecular weight is 293 g/mol. The molecule has 1 fully saturated rings. The van der Waals surface area contributed by atoms with Crippen LogP contribution in [0, 0.1) is 5.92 Å². The van der Waals surface area contributed by atoms with Crippen LogP contribution in [0.3, 0.4) is 0 Å². The highest BCUT2D eigenvalue weighted by atomic mass is 32.2. The van der Waals surface area contributed by atoms with Crippen molar-refractivity contribution in [3.05, 3.63) is 11.9 Å². The van der Waals surface area contributed by atoms with Gasteiger partial charge >= 0.3 is 0 Å². The van der Waals surface area contributed by atoms with Crippen molar-refractivity contribution in [1.82, 2.24) is 14.5 Å². The molecule has 0 radical (unpaired) electrons. The van der Waals surface area contributed by atoms with Gasteiger partial charge in [0.2, 0.25) is 0 Å². The number of aliphatic imine (C=N–C) groups is 1. The molecule has 2 aliphatic heterocycles. The van der Waals surface area contributed by atoms with E-state index in [1.807, 2.05) is 11.8 Å². The molecule has 6 heteroatoms. The van der Waals surface area contributed by atoms with Gasteiger partial charge in [-0.3, -0.25) is 4.99 Å². The molecule has 0 atom stereocenters. The summed E-state index contributed by atoms with van der Waals surface area (Å²) >= 11 is 1.83. The molecule has 0 saturated carbocycles. The Morgan fingerprint density at radius 1 is 1.45 bits per heavy atom. The lowest BCUT2D eigenvalue weighted by Crippen LogP contribution is -2.42. The third kappa shape index (κ3) is 3.11. The molecule has 1 aromatic heterocycles. The summed E-state index contributed by atoms with van der Waals surface area (Å²) in [5.41, 5.74) is 7.21. The molecule has 0 unspecified atom stereocenters. The van der Waals surface area contributed by atoms with E-state index in [2.05, 4.69) is 32.6 Å². The van der Waals surface area contributed by atoms with Gasteiger partial charge in [0.15, 0.2) is 11.1 Å². The zero-order chi connectivity index (χ0) is 13.9. The summed E-state index contributed by atoms with van der Waals surface area (Å²) in [5, 5.41) is 1.15. The normalized spacial score (nSPS) is 20.4. The second kappa shape index (κ2) is 6.08. The number of imidazole rings is 1. The van der Waals surface area contributed by atoms with Crippen molar-refractivity contribution in [2.75, 3.05) is 25.4 Å². The maximum Gasteiger partial charge on any atom is 0.191 e. The fraction of sp³-hybridized carbons (Fsp3) is 0.714. The Bertz CT molecular complexity index is 466. The van der Waals surface area contributed by atoms with E-state index in [1.54, 1.807) is 0 Å². The lowest BCUT2D eigenvalue weighted by molar-refractivity contribution is 0.277. The number of guanidine groups is 1. The van der Waals surface area contributed by atoms with Crippen LogP contribution >= 0.6 is 11.8 Å². The molecule has 1 aromatic rings. The van der Waals surface area contributed by atoms with Crippen molar-refractivity contribution in [1.29, 1.82) is 0 Å². The molecular weight excluding hydrogens is 270 g/mol. The number of thioether (sulfide) groups is 1. The molecule has 2 aliphatic rings. The van der Waals surface area contributed by atoms with Crippen molar-refractivity contribution in [3.8, 4) is 0 Å². The minimum absolute atomic E-state index is 0.707. The van der Waals surface area contributed by atoms with E-state index in [4.69, 9.17) is 5.73 Å². The van der Waals surface area contributed by atoms with Crippen LogP contribution in [0.25, 0.3) is 0 Å². The third-order valence-corrected chi connectivity index (χ3v) is 5.07. The Labute approximate surface area is 124 Å². The fourth-order valence-electron chi connectivity index (χ4n) is 2.70. The monoisotopic (exact) mass is 293 g/mol. The molecule has 110 valence electrons. The summed E-state index contributed by atoms with van der Waals surface area (Å²) in [6.45, 7) is 6.22. The Kier molecular flexibility index (Phi) is 4.19. The van der Waals surface area contributed by atoms with Crippen molar-refractivity contribution in [2.24, 2.45) is 16.6 Å². The first-order chi connectivity index (χ1) is 9.72. The molecule has 1 saturated heterocycles. The average Bonchev–Trinajstić information content (AvgIpc) is 3.00. The SMILES string of the molecule is CC1CCN(C(N)=NCCc2cn3c(n2)SCC3)CC1. The largest absolute Gasteiger partial charge is 0.370 e. The van der Waals surface area contributed by atoms with Crippen LogP contribution in [0.4, 0.5) is 0 Å². The first kappa shape index (κ1) is 13.8. The van der Waals surface area contributed by atoms with Crippen LogP contribution in [0.5, 0.6) is 0 Å². The number of nitrogens with two attached hydrogens (primary N) is 1. The minimum atomic E-state index is 0.707. The maximum absolute atomic E-state index is 6.08. The first-order valence-corrected chi connectivity index (χ1v) is 8.44. The van der Waals surface area contributed by atoms with E-state index in [1.165, 1.54) is 12.8 Å². The van der Waals surface area contributed by atoms with E-state index < -0.39 is 0 Å². The molecule has 20 heavy (non-hydrogen) atoms. The lowest BCUT2D eigenvalue weighted by Gasteiger charge is -2.31. The molecule has 0 aliphatic carbocycles. The molecule has 0 aromatic carbocycles. The van der Waals surface area contributed by atoms with Gasteiger partial charge in [-0.1, -0.05) is 18.7 Å². The molecule has 0 bridgehead atoms. The van der Waals surface area contributed by atoms with Gasteiger partial charge in [-0.05, 0) is 18.8 Å². The van der Waals surface area contributed by atoms with E-state index in [0.717, 1.165) is 55.1 Å². The maximum atomic E-state index is 6.08. The highest BCUT2D eigenvalue weighted by molar-refractivity contribution is 7.99. The van der Waals surface area contributed by atoms with Gasteiger partial charge in [0.05, 0.1) is 5.69 Å². The van der Waals surface area contributed by atoms with Crippen LogP contribution in [-0.4, -0.2) is 45.8 Å². The molecule has 0 amide bonds. The molecule has 3 rings (SSSR count). The van der Waals surface area contributed by atoms with E-state index in [0.29, 0.717) is 5.96 Å². The summed E-state index contributed by atoms with van der Waals surface area (Å²) in [7, 11) is 0. The van der Waals surface area contributed by atoms with Crippen LogP contribution in [-0.2, 0) is 13.0 Å². The van der Waals surface area contributed by atoms with Gasteiger partial charge in [-0.25, -0.2) is 4.98 Å². The standard InChI is InChI=1S/C14H23N5S/c1-11-3-6-18(7-4-11)13(15)16-5-2-12-10-19-8-9-20-14(19)17-12/h10-11H,2-9H2,1H3,(H2,15,16). The van der Waals surface area contributed by atoms with E-state index in [-0.39, 0.29) is 0 Å². The predicted molar refractivity (Wildman–Crippen MR) is 83.1 cm³/mol. The molecular formula is C14H23N5S. The highest BCUT2D eigenvalue weighted by Crippen LogP contribution is 2.24. The van der Waals surface area contributed by atoms with Crippen LogP contribution in [0.2, 0.25) is 0 Å². The predicted octanol–water partition coefficient (Wildman–Crippen LogP) is 1.58. The van der Waals surface area contributed by atoms with Gasteiger partial charge in [0, 0.05) is 44.5 Å². The Hall–Kier alpha value is -1.17. The first-order valence-electron chi connectivity index (χ1n) is 7.46. The minimum Gasteiger partial charge on any atom is -0.370 e. The zero-order valence-electron chi connectivity index (χ0n) is 12.1. The number of nitrogens with zero attached hydrogens (tertiary/aromatic N) is 4. The molecule has 3 heterocycles. The Balaban J connectivity index is 1.49. The van der Waals surface area contributed by atoms with Gasteiger partial charge in [-0.2, -0.15) is 0 Å². The van der Waals surface area contributed by atoms with E-state index in [9.17, 15) is 0 Å². The fourth-order valence-corrected chi connectivity index (χ4v) is 3.67. The van der Waals surface area contributed by atoms with E-state index >= 15 is 0 Å². The van der Waals surface area contributed by atoms with Gasteiger partial charge in [-0.15, -0.1) is 0 Å². The third-order valence-electron chi connectivity index (χ3n) is 4.10. The highest BCUT2D eigenvalue weighted by Gasteiger charge is 2.17. The zero-order valence-corrected chi connectivity index (χ0v) is 12.9.